The Kier molecular flexibility index (Phi) is 2.59. The highest BCUT2D eigenvalue weighted by Crippen LogP contribution is 2.47. The molecule has 0 amide bonds. The van der Waals surface area contributed by atoms with Crippen molar-refractivity contribution in [1.29, 1.82) is 0 Å². The second-order valence-corrected chi connectivity index (χ2v) is 5.17. The summed E-state index contributed by atoms with van der Waals surface area (Å²) in [7, 11) is 0. The maximum atomic E-state index is 4.21. The molecule has 0 bridgehead atoms. The molecule has 1 saturated carbocycles. The van der Waals surface area contributed by atoms with E-state index in [0.717, 1.165) is 12.2 Å². The lowest BCUT2D eigenvalue weighted by Crippen LogP contribution is -2.33. The first-order valence-electron chi connectivity index (χ1n) is 5.77. The second-order valence-electron chi connectivity index (χ2n) is 5.17. The van der Waals surface area contributed by atoms with Gasteiger partial charge in [0.25, 0.3) is 0 Å². The van der Waals surface area contributed by atoms with Crippen molar-refractivity contribution in [3.05, 3.63) is 17.0 Å². The number of hydrogen-bond acceptors (Lipinski definition) is 2. The molecule has 0 aromatic carbocycles. The van der Waals surface area contributed by atoms with E-state index < -0.39 is 0 Å². The first kappa shape index (κ1) is 10.7. The fourth-order valence-corrected chi connectivity index (χ4v) is 1.97. The van der Waals surface area contributed by atoms with Gasteiger partial charge in [-0.1, -0.05) is 6.92 Å². The number of aromatic nitrogens is 2. The molecule has 3 nitrogen and oxygen atoms in total. The first-order chi connectivity index (χ1) is 7.03. The molecule has 15 heavy (non-hydrogen) atoms. The molecule has 3 heteroatoms. The summed E-state index contributed by atoms with van der Waals surface area (Å²) in [4.78, 5) is 0. The monoisotopic (exact) mass is 207 g/mol. The van der Waals surface area contributed by atoms with Gasteiger partial charge in [0.2, 0.25) is 0 Å². The van der Waals surface area contributed by atoms with Gasteiger partial charge in [-0.05, 0) is 39.0 Å². The van der Waals surface area contributed by atoms with E-state index in [9.17, 15) is 0 Å². The highest BCUT2D eigenvalue weighted by molar-refractivity contribution is 5.23. The highest BCUT2D eigenvalue weighted by atomic mass is 15.1. The Balaban J connectivity index is 1.93. The van der Waals surface area contributed by atoms with Crippen LogP contribution >= 0.6 is 0 Å². The van der Waals surface area contributed by atoms with E-state index in [1.807, 2.05) is 0 Å². The van der Waals surface area contributed by atoms with Gasteiger partial charge >= 0.3 is 0 Å². The molecule has 1 fully saturated rings. The van der Waals surface area contributed by atoms with E-state index in [4.69, 9.17) is 0 Å². The summed E-state index contributed by atoms with van der Waals surface area (Å²) in [6.45, 7) is 9.73. The summed E-state index contributed by atoms with van der Waals surface area (Å²) in [6.07, 6.45) is 2.73. The van der Waals surface area contributed by atoms with E-state index in [1.54, 1.807) is 0 Å². The molecule has 1 atom stereocenters. The summed E-state index contributed by atoms with van der Waals surface area (Å²) >= 11 is 0. The molecule has 2 N–H and O–H groups in total. The molecule has 1 heterocycles. The number of H-pyrrole nitrogens is 1. The van der Waals surface area contributed by atoms with E-state index in [1.165, 1.54) is 24.1 Å². The molecule has 2 rings (SSSR count). The Bertz CT molecular complexity index is 330. The van der Waals surface area contributed by atoms with Crippen molar-refractivity contribution in [3.63, 3.8) is 0 Å². The van der Waals surface area contributed by atoms with Crippen molar-refractivity contribution in [1.82, 2.24) is 15.5 Å². The number of aromatic amines is 1. The van der Waals surface area contributed by atoms with Gasteiger partial charge < -0.3 is 5.32 Å². The molecule has 1 aliphatic carbocycles. The van der Waals surface area contributed by atoms with Crippen LogP contribution in [0.1, 0.15) is 43.6 Å². The van der Waals surface area contributed by atoms with Gasteiger partial charge in [0, 0.05) is 23.8 Å². The van der Waals surface area contributed by atoms with Crippen LogP contribution in [0.3, 0.4) is 0 Å². The van der Waals surface area contributed by atoms with E-state index in [2.05, 4.69) is 43.2 Å². The third-order valence-corrected chi connectivity index (χ3v) is 3.95. The Morgan fingerprint density at radius 3 is 2.60 bits per heavy atom. The lowest BCUT2D eigenvalue weighted by atomic mass is 10.0. The zero-order chi connectivity index (χ0) is 11.1. The molecule has 1 unspecified atom stereocenters. The minimum Gasteiger partial charge on any atom is -0.310 e. The number of hydrogen-bond donors (Lipinski definition) is 2. The molecule has 1 aromatic heterocycles. The van der Waals surface area contributed by atoms with Crippen LogP contribution in [0.15, 0.2) is 0 Å². The lowest BCUT2D eigenvalue weighted by molar-refractivity contribution is 0.379. The van der Waals surface area contributed by atoms with Crippen LogP contribution in [0.5, 0.6) is 0 Å². The van der Waals surface area contributed by atoms with Gasteiger partial charge in [0.15, 0.2) is 0 Å². The van der Waals surface area contributed by atoms with E-state index in [0.29, 0.717) is 11.5 Å². The maximum absolute atomic E-state index is 4.21. The summed E-state index contributed by atoms with van der Waals surface area (Å²) in [5.41, 5.74) is 4.18. The molecule has 84 valence electrons. The van der Waals surface area contributed by atoms with Crippen LogP contribution in [0.25, 0.3) is 0 Å². The Morgan fingerprint density at radius 1 is 1.47 bits per heavy atom. The molecule has 1 aromatic rings. The number of nitrogens with one attached hydrogen (secondary N) is 2. The second kappa shape index (κ2) is 3.63. The summed E-state index contributed by atoms with van der Waals surface area (Å²) in [5, 5.41) is 10.8. The van der Waals surface area contributed by atoms with Crippen LogP contribution in [0.4, 0.5) is 0 Å². The molecule has 0 aliphatic heterocycles. The Labute approximate surface area is 91.7 Å². The molecule has 0 spiro atoms. The standard InChI is InChI=1S/C12H21N3/c1-8-11(9(2)15-14-8)7-13-10(3)12(4)5-6-12/h10,13H,5-7H2,1-4H3,(H,14,15). The average molecular weight is 207 g/mol. The first-order valence-corrected chi connectivity index (χ1v) is 5.77. The molecular formula is C12H21N3. The van der Waals surface area contributed by atoms with Gasteiger partial charge in [0.1, 0.15) is 0 Å². The summed E-state index contributed by atoms with van der Waals surface area (Å²) in [6, 6.07) is 0.603. The maximum Gasteiger partial charge on any atom is 0.0638 e. The van der Waals surface area contributed by atoms with Crippen molar-refractivity contribution in [2.45, 2.75) is 53.1 Å². The Morgan fingerprint density at radius 2 is 2.13 bits per heavy atom. The fourth-order valence-electron chi connectivity index (χ4n) is 1.97. The van der Waals surface area contributed by atoms with Crippen molar-refractivity contribution in [3.8, 4) is 0 Å². The number of aryl methyl sites for hydroxylation is 2. The third kappa shape index (κ3) is 2.07. The Hall–Kier alpha value is -0.830. The van der Waals surface area contributed by atoms with Crippen LogP contribution in [0, 0.1) is 19.3 Å². The fraction of sp³-hybridized carbons (Fsp3) is 0.750. The van der Waals surface area contributed by atoms with Gasteiger partial charge in [0.05, 0.1) is 5.69 Å². The quantitative estimate of drug-likeness (QED) is 0.795. The molecule has 1 aliphatic rings. The number of rotatable bonds is 4. The highest BCUT2D eigenvalue weighted by Gasteiger charge is 2.42. The zero-order valence-corrected chi connectivity index (χ0v) is 10.1. The summed E-state index contributed by atoms with van der Waals surface area (Å²) < 4.78 is 0. The number of nitrogens with zero attached hydrogens (tertiary/aromatic N) is 1. The van der Waals surface area contributed by atoms with Gasteiger partial charge in [-0.3, -0.25) is 5.10 Å². The van der Waals surface area contributed by atoms with Crippen molar-refractivity contribution in [2.24, 2.45) is 5.41 Å². The van der Waals surface area contributed by atoms with Gasteiger partial charge in [-0.15, -0.1) is 0 Å². The van der Waals surface area contributed by atoms with Crippen LogP contribution < -0.4 is 5.32 Å². The van der Waals surface area contributed by atoms with Crippen molar-refractivity contribution < 1.29 is 0 Å². The lowest BCUT2D eigenvalue weighted by Gasteiger charge is -2.20. The molecule has 0 radical (unpaired) electrons. The van der Waals surface area contributed by atoms with Crippen LogP contribution in [-0.2, 0) is 6.54 Å². The third-order valence-electron chi connectivity index (χ3n) is 3.95. The van der Waals surface area contributed by atoms with Gasteiger partial charge in [-0.25, -0.2) is 0 Å². The van der Waals surface area contributed by atoms with Crippen molar-refractivity contribution in [2.75, 3.05) is 0 Å². The van der Waals surface area contributed by atoms with E-state index in [-0.39, 0.29) is 0 Å². The molecule has 0 saturated heterocycles. The minimum atomic E-state index is 0.547. The predicted octanol–water partition coefficient (Wildman–Crippen LogP) is 2.30. The smallest absolute Gasteiger partial charge is 0.0638 e. The predicted molar refractivity (Wildman–Crippen MR) is 61.7 cm³/mol. The van der Waals surface area contributed by atoms with Crippen LogP contribution in [0.2, 0.25) is 0 Å². The normalized spacial score (nSPS) is 20.3. The van der Waals surface area contributed by atoms with Crippen molar-refractivity contribution >= 4 is 0 Å². The minimum absolute atomic E-state index is 0.547. The van der Waals surface area contributed by atoms with Crippen LogP contribution in [-0.4, -0.2) is 16.2 Å². The largest absolute Gasteiger partial charge is 0.310 e. The zero-order valence-electron chi connectivity index (χ0n) is 10.1. The average Bonchev–Trinajstić information content (AvgIpc) is 2.87. The van der Waals surface area contributed by atoms with Gasteiger partial charge in [-0.2, -0.15) is 5.10 Å². The topological polar surface area (TPSA) is 40.7 Å². The molecular weight excluding hydrogens is 186 g/mol. The van der Waals surface area contributed by atoms with E-state index >= 15 is 0 Å². The SMILES string of the molecule is Cc1n[nH]c(C)c1CNC(C)C1(C)CC1. The summed E-state index contributed by atoms with van der Waals surface area (Å²) in [5.74, 6) is 0.